The van der Waals surface area contributed by atoms with Crippen LogP contribution in [0.1, 0.15) is 5.56 Å². The molecule has 0 aromatic heterocycles. The summed E-state index contributed by atoms with van der Waals surface area (Å²) in [5.74, 6) is 0. The van der Waals surface area contributed by atoms with Gasteiger partial charge in [0, 0.05) is 4.47 Å². The third kappa shape index (κ3) is 4.20. The first kappa shape index (κ1) is 16.3. The molecule has 0 amide bonds. The molecule has 7 heteroatoms. The zero-order chi connectivity index (χ0) is 15.5. The van der Waals surface area contributed by atoms with E-state index in [1.54, 1.807) is 42.5 Å². The van der Waals surface area contributed by atoms with Crippen LogP contribution in [0.3, 0.4) is 0 Å². The summed E-state index contributed by atoms with van der Waals surface area (Å²) in [5.41, 5.74) is 6.80. The monoisotopic (exact) mass is 388 g/mol. The fraction of sp³-hybridized carbons (Fsp3) is 0.143. The second-order valence-electron chi connectivity index (χ2n) is 4.41. The first-order chi connectivity index (χ1) is 9.92. The summed E-state index contributed by atoms with van der Waals surface area (Å²) in [6.45, 7) is 0.527. The molecule has 0 unspecified atom stereocenters. The quantitative estimate of drug-likeness (QED) is 0.823. The zero-order valence-corrected chi connectivity index (χ0v) is 14.2. The molecule has 0 spiro atoms. The van der Waals surface area contributed by atoms with Gasteiger partial charge in [0.25, 0.3) is 10.0 Å². The average molecular weight is 390 g/mol. The van der Waals surface area contributed by atoms with Gasteiger partial charge in [0.05, 0.1) is 15.6 Å². The van der Waals surface area contributed by atoms with Crippen molar-refractivity contribution in [1.82, 2.24) is 0 Å². The molecule has 0 bridgehead atoms. The van der Waals surface area contributed by atoms with Crippen molar-refractivity contribution in [2.45, 2.75) is 11.3 Å². The molecular formula is C14H14BrClN2O2S. The van der Waals surface area contributed by atoms with Crippen molar-refractivity contribution in [3.63, 3.8) is 0 Å². The molecule has 0 aliphatic heterocycles. The van der Waals surface area contributed by atoms with Gasteiger partial charge >= 0.3 is 0 Å². The molecular weight excluding hydrogens is 376 g/mol. The predicted octanol–water partition coefficient (Wildman–Crippen LogP) is 3.40. The molecule has 0 atom stereocenters. The van der Waals surface area contributed by atoms with Crippen molar-refractivity contribution in [3.8, 4) is 0 Å². The molecule has 2 aromatic rings. The minimum Gasteiger partial charge on any atom is -0.330 e. The Morgan fingerprint density at radius 1 is 1.14 bits per heavy atom. The highest BCUT2D eigenvalue weighted by atomic mass is 79.9. The molecule has 4 nitrogen and oxygen atoms in total. The van der Waals surface area contributed by atoms with Crippen LogP contribution in [-0.4, -0.2) is 15.0 Å². The van der Waals surface area contributed by atoms with Crippen molar-refractivity contribution in [2.24, 2.45) is 5.73 Å². The van der Waals surface area contributed by atoms with Gasteiger partial charge in [-0.2, -0.15) is 0 Å². The number of anilines is 1. The molecule has 0 fully saturated rings. The van der Waals surface area contributed by atoms with E-state index in [-0.39, 0.29) is 4.90 Å². The first-order valence-electron chi connectivity index (χ1n) is 6.19. The summed E-state index contributed by atoms with van der Waals surface area (Å²) in [6, 6.07) is 11.6. The Hall–Kier alpha value is -1.08. The van der Waals surface area contributed by atoms with E-state index in [4.69, 9.17) is 17.3 Å². The lowest BCUT2D eigenvalue weighted by atomic mass is 10.2. The van der Waals surface area contributed by atoms with E-state index < -0.39 is 10.0 Å². The number of halogens is 2. The average Bonchev–Trinajstić information content (AvgIpc) is 2.43. The Kier molecular flexibility index (Phi) is 5.27. The fourth-order valence-corrected chi connectivity index (χ4v) is 3.63. The standard InChI is InChI=1S/C14H14BrClN2O2S/c15-11-3-6-14(13(16)9-11)18-21(19,20)12-4-1-10(2-5-12)7-8-17/h1-6,9,18H,7-8,17H2. The van der Waals surface area contributed by atoms with Crippen LogP contribution in [0.4, 0.5) is 5.69 Å². The summed E-state index contributed by atoms with van der Waals surface area (Å²) >= 11 is 9.29. The molecule has 3 N–H and O–H groups in total. The Balaban J connectivity index is 2.25. The van der Waals surface area contributed by atoms with Crippen molar-refractivity contribution in [2.75, 3.05) is 11.3 Å². The van der Waals surface area contributed by atoms with E-state index in [1.165, 1.54) is 0 Å². The summed E-state index contributed by atoms with van der Waals surface area (Å²) in [7, 11) is -3.66. The van der Waals surface area contributed by atoms with E-state index >= 15 is 0 Å². The summed E-state index contributed by atoms with van der Waals surface area (Å²) in [4.78, 5) is 0.183. The second-order valence-corrected chi connectivity index (χ2v) is 7.42. The van der Waals surface area contributed by atoms with Gasteiger partial charge < -0.3 is 5.73 Å². The maximum Gasteiger partial charge on any atom is 0.261 e. The molecule has 0 radical (unpaired) electrons. The van der Waals surface area contributed by atoms with Gasteiger partial charge in [0.1, 0.15) is 0 Å². The number of sulfonamides is 1. The van der Waals surface area contributed by atoms with Crippen molar-refractivity contribution in [3.05, 3.63) is 57.5 Å². The Morgan fingerprint density at radius 2 is 1.81 bits per heavy atom. The van der Waals surface area contributed by atoms with E-state index in [0.29, 0.717) is 23.7 Å². The van der Waals surface area contributed by atoms with Gasteiger partial charge in [0.15, 0.2) is 0 Å². The van der Waals surface area contributed by atoms with Crippen LogP contribution in [0.5, 0.6) is 0 Å². The molecule has 0 saturated heterocycles. The number of hydrogen-bond donors (Lipinski definition) is 2. The number of nitrogens with one attached hydrogen (secondary N) is 1. The molecule has 0 saturated carbocycles. The highest BCUT2D eigenvalue weighted by molar-refractivity contribution is 9.10. The molecule has 0 aliphatic carbocycles. The van der Waals surface area contributed by atoms with Gasteiger partial charge in [-0.3, -0.25) is 4.72 Å². The van der Waals surface area contributed by atoms with Gasteiger partial charge in [-0.15, -0.1) is 0 Å². The highest BCUT2D eigenvalue weighted by Crippen LogP contribution is 2.27. The maximum atomic E-state index is 12.3. The van der Waals surface area contributed by atoms with Crippen LogP contribution < -0.4 is 10.5 Å². The topological polar surface area (TPSA) is 72.2 Å². The number of benzene rings is 2. The predicted molar refractivity (Wildman–Crippen MR) is 89.2 cm³/mol. The van der Waals surface area contributed by atoms with E-state index in [9.17, 15) is 8.42 Å². The Labute approximate surface area is 137 Å². The maximum absolute atomic E-state index is 12.3. The van der Waals surface area contributed by atoms with Gasteiger partial charge in [-0.25, -0.2) is 8.42 Å². The van der Waals surface area contributed by atoms with Crippen LogP contribution in [0.25, 0.3) is 0 Å². The van der Waals surface area contributed by atoms with Crippen molar-refractivity contribution < 1.29 is 8.42 Å². The molecule has 112 valence electrons. The molecule has 2 rings (SSSR count). The fourth-order valence-electron chi connectivity index (χ4n) is 1.78. The molecule has 21 heavy (non-hydrogen) atoms. The third-order valence-electron chi connectivity index (χ3n) is 2.84. The second kappa shape index (κ2) is 6.79. The minimum atomic E-state index is -3.66. The van der Waals surface area contributed by atoms with Crippen molar-refractivity contribution in [1.29, 1.82) is 0 Å². The summed E-state index contributed by atoms with van der Waals surface area (Å²) in [5, 5.41) is 0.327. The Bertz CT molecular complexity index is 733. The lowest BCUT2D eigenvalue weighted by Gasteiger charge is -2.10. The van der Waals surface area contributed by atoms with Crippen LogP contribution >= 0.6 is 27.5 Å². The number of rotatable bonds is 5. The Morgan fingerprint density at radius 3 is 2.38 bits per heavy atom. The lowest BCUT2D eigenvalue weighted by Crippen LogP contribution is -2.13. The lowest BCUT2D eigenvalue weighted by molar-refractivity contribution is 0.601. The normalized spacial score (nSPS) is 11.4. The van der Waals surface area contributed by atoms with E-state index in [0.717, 1.165) is 10.0 Å². The summed E-state index contributed by atoms with van der Waals surface area (Å²) < 4.78 is 27.9. The zero-order valence-electron chi connectivity index (χ0n) is 11.0. The molecule has 0 aliphatic rings. The first-order valence-corrected chi connectivity index (χ1v) is 8.84. The smallest absolute Gasteiger partial charge is 0.261 e. The largest absolute Gasteiger partial charge is 0.330 e. The molecule has 2 aromatic carbocycles. The SMILES string of the molecule is NCCc1ccc(S(=O)(=O)Nc2ccc(Br)cc2Cl)cc1. The minimum absolute atomic E-state index is 0.183. The van der Waals surface area contributed by atoms with Crippen LogP contribution in [0.2, 0.25) is 5.02 Å². The van der Waals surface area contributed by atoms with Gasteiger partial charge in [-0.1, -0.05) is 39.7 Å². The van der Waals surface area contributed by atoms with Crippen LogP contribution in [-0.2, 0) is 16.4 Å². The van der Waals surface area contributed by atoms with E-state index in [1.807, 2.05) is 0 Å². The van der Waals surface area contributed by atoms with E-state index in [2.05, 4.69) is 20.7 Å². The summed E-state index contributed by atoms with van der Waals surface area (Å²) in [6.07, 6.45) is 0.715. The third-order valence-corrected chi connectivity index (χ3v) is 5.03. The highest BCUT2D eigenvalue weighted by Gasteiger charge is 2.15. The van der Waals surface area contributed by atoms with Crippen molar-refractivity contribution >= 4 is 43.2 Å². The number of hydrogen-bond acceptors (Lipinski definition) is 3. The van der Waals surface area contributed by atoms with Crippen LogP contribution in [0, 0.1) is 0 Å². The molecule has 0 heterocycles. The van der Waals surface area contributed by atoms with Gasteiger partial charge in [0.2, 0.25) is 0 Å². The van der Waals surface area contributed by atoms with Crippen LogP contribution in [0.15, 0.2) is 51.8 Å². The van der Waals surface area contributed by atoms with Gasteiger partial charge in [-0.05, 0) is 48.9 Å². The number of nitrogens with two attached hydrogens (primary N) is 1.